The quantitative estimate of drug-likeness (QED) is 0.456. The second kappa shape index (κ2) is 3.57. The van der Waals surface area contributed by atoms with Crippen LogP contribution in [0.3, 0.4) is 0 Å². The number of hydrogen-bond acceptors (Lipinski definition) is 4. The van der Waals surface area contributed by atoms with Crippen LogP contribution in [0.2, 0.25) is 0 Å². The smallest absolute Gasteiger partial charge is 0.231 e. The van der Waals surface area contributed by atoms with Gasteiger partial charge in [0.25, 0.3) is 0 Å². The fraction of sp³-hybridized carbons (Fsp3) is 0.273. The molecule has 5 nitrogen and oxygen atoms in total. The van der Waals surface area contributed by atoms with Gasteiger partial charge in [0.15, 0.2) is 6.79 Å². The summed E-state index contributed by atoms with van der Waals surface area (Å²) in [6.45, 7) is 1.05. The second-order valence-corrected chi connectivity index (χ2v) is 3.84. The lowest BCUT2D eigenvalue weighted by Crippen LogP contribution is -2.61. The molecule has 2 rings (SSSR count). The molecule has 16 heavy (non-hydrogen) atoms. The van der Waals surface area contributed by atoms with Crippen LogP contribution >= 0.6 is 0 Å². The Balaban J connectivity index is 2.26. The van der Waals surface area contributed by atoms with Gasteiger partial charge in [-0.3, -0.25) is 4.65 Å². The molecule has 2 N–H and O–H groups in total. The lowest BCUT2D eigenvalue weighted by molar-refractivity contribution is -0.0171. The van der Waals surface area contributed by atoms with E-state index in [9.17, 15) is 10.3 Å². The van der Waals surface area contributed by atoms with Crippen LogP contribution in [0.1, 0.15) is 6.92 Å². The average molecular weight is 223 g/mol. The summed E-state index contributed by atoms with van der Waals surface area (Å²) in [5.41, 5.74) is -1.00. The molecule has 5 heteroatoms. The molecule has 0 bridgehead atoms. The molecule has 1 heterocycles. The number of quaternary nitrogens is 1. The predicted octanol–water partition coefficient (Wildman–Crippen LogP) is 1.06. The molecule has 1 aromatic rings. The number of rotatable bonds is 3. The molecule has 0 saturated carbocycles. The van der Waals surface area contributed by atoms with E-state index in [0.29, 0.717) is 11.4 Å². The number of hydrogen-bond donors (Lipinski definition) is 2. The number of nitrogens with zero attached hydrogens (tertiary/aromatic N) is 1. The molecular weight excluding hydrogens is 210 g/mol. The Labute approximate surface area is 93.0 Å². The van der Waals surface area contributed by atoms with E-state index in [1.807, 2.05) is 0 Å². The summed E-state index contributed by atoms with van der Waals surface area (Å²) in [5.74, 6) is 0.474. The van der Waals surface area contributed by atoms with Crippen LogP contribution in [0.4, 0.5) is 5.69 Å². The average Bonchev–Trinajstić information content (AvgIpc) is 2.28. The summed E-state index contributed by atoms with van der Waals surface area (Å²) in [7, 11) is 0. The minimum Gasteiger partial charge on any atom is -0.620 e. The van der Waals surface area contributed by atoms with Crippen LogP contribution in [0, 0.1) is 5.21 Å². The number of aliphatic hydroxyl groups excluding tert-OH is 1. The standard InChI is InChI=1S/C11H13NO4/c1-11(14)6-7-12(11,15)9-2-4-10(5-3-9)16-8-13/h2-7,13-14H,8H2,1H3. The first-order valence-electron chi connectivity index (χ1n) is 4.86. The van der Waals surface area contributed by atoms with E-state index in [4.69, 9.17) is 9.84 Å². The number of benzene rings is 1. The lowest BCUT2D eigenvalue weighted by Gasteiger charge is -2.52. The van der Waals surface area contributed by atoms with Gasteiger partial charge in [-0.05, 0) is 12.1 Å². The lowest BCUT2D eigenvalue weighted by atomic mass is 10.1. The predicted molar refractivity (Wildman–Crippen MR) is 59.1 cm³/mol. The summed E-state index contributed by atoms with van der Waals surface area (Å²) in [6.07, 6.45) is 2.83. The van der Waals surface area contributed by atoms with Crippen molar-refractivity contribution >= 4 is 5.69 Å². The maximum Gasteiger partial charge on any atom is 0.231 e. The van der Waals surface area contributed by atoms with Gasteiger partial charge >= 0.3 is 0 Å². The highest BCUT2D eigenvalue weighted by molar-refractivity contribution is 5.54. The van der Waals surface area contributed by atoms with Gasteiger partial charge in [0.1, 0.15) is 17.6 Å². The summed E-state index contributed by atoms with van der Waals surface area (Å²) >= 11 is 0. The first-order valence-corrected chi connectivity index (χ1v) is 4.86. The van der Waals surface area contributed by atoms with Crippen molar-refractivity contribution in [1.29, 1.82) is 0 Å². The maximum absolute atomic E-state index is 12.2. The second-order valence-electron chi connectivity index (χ2n) is 3.84. The molecule has 0 fully saturated rings. The van der Waals surface area contributed by atoms with Gasteiger partial charge in [-0.15, -0.1) is 0 Å². The monoisotopic (exact) mass is 223 g/mol. The summed E-state index contributed by atoms with van der Waals surface area (Å²) in [6, 6.07) is 6.28. The fourth-order valence-electron chi connectivity index (χ4n) is 1.61. The molecule has 2 atom stereocenters. The molecule has 1 aliphatic rings. The molecule has 0 amide bonds. The summed E-state index contributed by atoms with van der Waals surface area (Å²) < 4.78 is 3.95. The Morgan fingerprint density at radius 1 is 1.38 bits per heavy atom. The van der Waals surface area contributed by atoms with E-state index >= 15 is 0 Å². The molecule has 0 spiro atoms. The van der Waals surface area contributed by atoms with Crippen molar-refractivity contribution in [3.05, 3.63) is 41.7 Å². The zero-order valence-electron chi connectivity index (χ0n) is 8.83. The number of ether oxygens (including phenoxy) is 1. The third kappa shape index (κ3) is 1.50. The first kappa shape index (κ1) is 11.1. The van der Waals surface area contributed by atoms with Crippen molar-refractivity contribution in [2.45, 2.75) is 12.6 Å². The van der Waals surface area contributed by atoms with Crippen molar-refractivity contribution in [3.8, 4) is 5.75 Å². The van der Waals surface area contributed by atoms with Gasteiger partial charge in [-0.25, -0.2) is 0 Å². The molecule has 0 radical (unpaired) electrons. The van der Waals surface area contributed by atoms with Gasteiger partial charge in [-0.2, -0.15) is 0 Å². The van der Waals surface area contributed by atoms with E-state index in [-0.39, 0.29) is 0 Å². The Morgan fingerprint density at radius 3 is 2.38 bits per heavy atom. The van der Waals surface area contributed by atoms with E-state index in [2.05, 4.69) is 0 Å². The van der Waals surface area contributed by atoms with Crippen molar-refractivity contribution in [3.63, 3.8) is 0 Å². The Bertz CT molecular complexity index is 412. The highest BCUT2D eigenvalue weighted by Crippen LogP contribution is 2.39. The zero-order valence-corrected chi connectivity index (χ0v) is 8.83. The van der Waals surface area contributed by atoms with Crippen molar-refractivity contribution < 1.29 is 14.9 Å². The fourth-order valence-corrected chi connectivity index (χ4v) is 1.61. The first-order chi connectivity index (χ1) is 7.49. The van der Waals surface area contributed by atoms with Gasteiger partial charge in [0, 0.05) is 19.1 Å². The van der Waals surface area contributed by atoms with Gasteiger partial charge in [0.2, 0.25) is 5.72 Å². The molecular formula is C11H13NO4. The molecule has 1 aliphatic heterocycles. The van der Waals surface area contributed by atoms with Crippen LogP contribution in [-0.2, 0) is 0 Å². The highest BCUT2D eigenvalue weighted by atomic mass is 16.6. The molecule has 86 valence electrons. The van der Waals surface area contributed by atoms with E-state index < -0.39 is 17.2 Å². The van der Waals surface area contributed by atoms with E-state index in [0.717, 1.165) is 0 Å². The number of hydroxylamine groups is 2. The van der Waals surface area contributed by atoms with Crippen LogP contribution in [0.25, 0.3) is 0 Å². The zero-order chi connectivity index (χ0) is 11.8. The summed E-state index contributed by atoms with van der Waals surface area (Å²) in [5, 5.41) is 30.5. The van der Waals surface area contributed by atoms with E-state index in [1.54, 1.807) is 24.3 Å². The van der Waals surface area contributed by atoms with Crippen LogP contribution in [0.5, 0.6) is 5.75 Å². The number of aliphatic hydroxyl groups is 2. The third-order valence-electron chi connectivity index (χ3n) is 2.72. The van der Waals surface area contributed by atoms with E-state index in [1.165, 1.54) is 19.2 Å². The molecule has 1 aromatic carbocycles. The SMILES string of the molecule is CC1(O)C=C[N+]1([O-])c1ccc(OCO)cc1. The van der Waals surface area contributed by atoms with Crippen molar-refractivity contribution in [2.24, 2.45) is 0 Å². The molecule has 0 aromatic heterocycles. The van der Waals surface area contributed by atoms with Crippen molar-refractivity contribution in [1.82, 2.24) is 4.65 Å². The van der Waals surface area contributed by atoms with Crippen LogP contribution in [-0.4, -0.2) is 22.7 Å². The molecule has 0 aliphatic carbocycles. The molecule has 2 unspecified atom stereocenters. The molecule has 0 saturated heterocycles. The highest BCUT2D eigenvalue weighted by Gasteiger charge is 2.45. The Hall–Kier alpha value is -1.40. The summed E-state index contributed by atoms with van der Waals surface area (Å²) in [4.78, 5) is 0. The largest absolute Gasteiger partial charge is 0.620 e. The maximum atomic E-state index is 12.2. The van der Waals surface area contributed by atoms with Crippen LogP contribution < -0.4 is 9.38 Å². The minimum atomic E-state index is -1.42. The Kier molecular flexibility index (Phi) is 2.47. The Morgan fingerprint density at radius 2 is 2.00 bits per heavy atom. The van der Waals surface area contributed by atoms with Gasteiger partial charge < -0.3 is 20.2 Å². The van der Waals surface area contributed by atoms with Gasteiger partial charge in [-0.1, -0.05) is 0 Å². The normalized spacial score (nSPS) is 32.2. The third-order valence-corrected chi connectivity index (χ3v) is 2.72. The topological polar surface area (TPSA) is 72.8 Å². The van der Waals surface area contributed by atoms with Gasteiger partial charge in [0.05, 0.1) is 6.08 Å². The van der Waals surface area contributed by atoms with Crippen molar-refractivity contribution in [2.75, 3.05) is 6.79 Å². The minimum absolute atomic E-state index is 0.408. The van der Waals surface area contributed by atoms with Crippen LogP contribution in [0.15, 0.2) is 36.5 Å².